The predicted octanol–water partition coefficient (Wildman–Crippen LogP) is 2.74. The lowest BCUT2D eigenvalue weighted by atomic mass is 9.98. The van der Waals surface area contributed by atoms with Gasteiger partial charge in [-0.3, -0.25) is 0 Å². The van der Waals surface area contributed by atoms with Gasteiger partial charge in [-0.25, -0.2) is 4.68 Å². The first-order valence-electron chi connectivity index (χ1n) is 7.50. The fraction of sp³-hybridized carbons (Fsp3) is 0.500. The summed E-state index contributed by atoms with van der Waals surface area (Å²) >= 11 is 0. The quantitative estimate of drug-likeness (QED) is 0.840. The van der Waals surface area contributed by atoms with E-state index in [1.54, 1.807) is 0 Å². The lowest BCUT2D eigenvalue weighted by molar-refractivity contribution is 0.130. The number of hydrogen-bond acceptors (Lipinski definition) is 3. The molecule has 0 N–H and O–H groups in total. The number of rotatable bonds is 2. The molecule has 2 aromatic rings. The van der Waals surface area contributed by atoms with Crippen molar-refractivity contribution in [2.45, 2.75) is 43.8 Å². The van der Waals surface area contributed by atoms with E-state index in [1.807, 2.05) is 18.2 Å². The average molecular weight is 268 g/mol. The summed E-state index contributed by atoms with van der Waals surface area (Å²) < 4.78 is 2.10. The van der Waals surface area contributed by atoms with Gasteiger partial charge in [0.25, 0.3) is 0 Å². The van der Waals surface area contributed by atoms with Crippen LogP contribution < -0.4 is 0 Å². The smallest absolute Gasteiger partial charge is 0.113 e. The minimum Gasteiger partial charge on any atom is -0.300 e. The Hall–Kier alpha value is -1.68. The molecule has 1 aromatic carbocycles. The predicted molar refractivity (Wildman–Crippen MR) is 78.3 cm³/mol. The van der Waals surface area contributed by atoms with Crippen LogP contribution in [0.5, 0.6) is 0 Å². The lowest BCUT2D eigenvalue weighted by Crippen LogP contribution is -2.40. The van der Waals surface area contributed by atoms with Crippen molar-refractivity contribution >= 4 is 0 Å². The summed E-state index contributed by atoms with van der Waals surface area (Å²) in [6.07, 6.45) is 7.23. The molecule has 2 fully saturated rings. The van der Waals surface area contributed by atoms with Gasteiger partial charge in [0.2, 0.25) is 0 Å². The van der Waals surface area contributed by atoms with Crippen LogP contribution in [0.15, 0.2) is 36.5 Å². The number of hydrogen-bond donors (Lipinski definition) is 0. The second kappa shape index (κ2) is 4.70. The first-order valence-corrected chi connectivity index (χ1v) is 7.50. The zero-order valence-corrected chi connectivity index (χ0v) is 11.8. The Bertz CT molecular complexity index is 578. The molecule has 0 spiro atoms. The van der Waals surface area contributed by atoms with Crippen LogP contribution in [0, 0.1) is 0 Å². The summed E-state index contributed by atoms with van der Waals surface area (Å²) in [6.45, 7) is 0. The third kappa shape index (κ3) is 1.95. The van der Waals surface area contributed by atoms with E-state index in [0.717, 1.165) is 23.3 Å². The van der Waals surface area contributed by atoms with Gasteiger partial charge in [-0.2, -0.15) is 0 Å². The van der Waals surface area contributed by atoms with Gasteiger partial charge in [0.1, 0.15) is 5.69 Å². The molecule has 4 rings (SSSR count). The topological polar surface area (TPSA) is 34.0 Å². The molecule has 0 unspecified atom stereocenters. The summed E-state index contributed by atoms with van der Waals surface area (Å²) in [4.78, 5) is 2.56. The summed E-state index contributed by atoms with van der Waals surface area (Å²) in [5.74, 6) is 0. The average Bonchev–Trinajstić information content (AvgIpc) is 3.03. The van der Waals surface area contributed by atoms with Gasteiger partial charge in [0.15, 0.2) is 0 Å². The molecule has 2 aliphatic rings. The second-order valence-electron chi connectivity index (χ2n) is 6.13. The van der Waals surface area contributed by atoms with Crippen molar-refractivity contribution in [2.24, 2.45) is 0 Å². The Kier molecular flexibility index (Phi) is 2.84. The highest BCUT2D eigenvalue weighted by atomic mass is 15.4. The van der Waals surface area contributed by atoms with E-state index >= 15 is 0 Å². The van der Waals surface area contributed by atoms with Crippen molar-refractivity contribution in [1.82, 2.24) is 19.9 Å². The van der Waals surface area contributed by atoms with E-state index in [2.05, 4.69) is 45.3 Å². The molecule has 0 aliphatic carbocycles. The van der Waals surface area contributed by atoms with E-state index in [1.165, 1.54) is 25.7 Å². The van der Waals surface area contributed by atoms with Crippen LogP contribution in [0.25, 0.3) is 11.3 Å². The maximum atomic E-state index is 4.39. The number of aromatic nitrogens is 3. The second-order valence-corrected chi connectivity index (χ2v) is 6.13. The third-order valence-corrected chi connectivity index (χ3v) is 5.03. The number of piperidine rings is 1. The maximum Gasteiger partial charge on any atom is 0.113 e. The van der Waals surface area contributed by atoms with Gasteiger partial charge >= 0.3 is 0 Å². The first-order chi connectivity index (χ1) is 9.81. The van der Waals surface area contributed by atoms with Crippen LogP contribution in [0.2, 0.25) is 0 Å². The van der Waals surface area contributed by atoms with Crippen LogP contribution in [0.1, 0.15) is 31.7 Å². The molecule has 0 amide bonds. The standard InChI is InChI=1S/C16H20N4/c1-19-13-7-8-14(19)10-15(9-13)20-11-16(17-18-20)12-5-3-2-4-6-12/h2-6,11,13-15H,7-10H2,1H3/t13-,14-/m1/s1. The van der Waals surface area contributed by atoms with Crippen molar-refractivity contribution in [3.63, 3.8) is 0 Å². The normalized spacial score (nSPS) is 29.8. The van der Waals surface area contributed by atoms with Gasteiger partial charge < -0.3 is 4.90 Å². The van der Waals surface area contributed by atoms with E-state index in [-0.39, 0.29) is 0 Å². The number of benzene rings is 1. The van der Waals surface area contributed by atoms with Crippen molar-refractivity contribution in [2.75, 3.05) is 7.05 Å². The lowest BCUT2D eigenvalue weighted by Gasteiger charge is -2.36. The van der Waals surface area contributed by atoms with E-state index < -0.39 is 0 Å². The first kappa shape index (κ1) is 12.1. The van der Waals surface area contributed by atoms with Gasteiger partial charge in [-0.05, 0) is 32.7 Å². The Morgan fingerprint density at radius 2 is 1.70 bits per heavy atom. The van der Waals surface area contributed by atoms with Gasteiger partial charge in [0.05, 0.1) is 12.2 Å². The van der Waals surface area contributed by atoms with Gasteiger partial charge in [-0.1, -0.05) is 35.5 Å². The molecule has 2 aliphatic heterocycles. The van der Waals surface area contributed by atoms with Crippen molar-refractivity contribution < 1.29 is 0 Å². The molecule has 4 heteroatoms. The third-order valence-electron chi connectivity index (χ3n) is 5.03. The summed E-state index contributed by atoms with van der Waals surface area (Å²) in [7, 11) is 2.27. The molecule has 20 heavy (non-hydrogen) atoms. The Morgan fingerprint density at radius 3 is 2.40 bits per heavy atom. The Morgan fingerprint density at radius 1 is 1.00 bits per heavy atom. The fourth-order valence-corrected chi connectivity index (χ4v) is 3.80. The minimum absolute atomic E-state index is 0.522. The summed E-state index contributed by atoms with van der Waals surface area (Å²) in [5, 5.41) is 8.74. The molecular formula is C16H20N4. The van der Waals surface area contributed by atoms with Crippen LogP contribution in [0.3, 0.4) is 0 Å². The van der Waals surface area contributed by atoms with Crippen LogP contribution in [-0.2, 0) is 0 Å². The Labute approximate surface area is 119 Å². The maximum absolute atomic E-state index is 4.39. The van der Waals surface area contributed by atoms with E-state index in [0.29, 0.717) is 6.04 Å². The Balaban J connectivity index is 1.57. The van der Waals surface area contributed by atoms with E-state index in [4.69, 9.17) is 0 Å². The van der Waals surface area contributed by atoms with Gasteiger partial charge in [0, 0.05) is 17.6 Å². The molecule has 2 atom stereocenters. The fourth-order valence-electron chi connectivity index (χ4n) is 3.80. The molecule has 104 valence electrons. The van der Waals surface area contributed by atoms with Crippen LogP contribution >= 0.6 is 0 Å². The number of nitrogens with zero attached hydrogens (tertiary/aromatic N) is 4. The molecular weight excluding hydrogens is 248 g/mol. The molecule has 2 bridgehead atoms. The summed E-state index contributed by atoms with van der Waals surface area (Å²) in [6, 6.07) is 12.3. The monoisotopic (exact) mass is 268 g/mol. The molecule has 1 aromatic heterocycles. The highest BCUT2D eigenvalue weighted by molar-refractivity contribution is 5.57. The highest BCUT2D eigenvalue weighted by Crippen LogP contribution is 2.39. The molecule has 4 nitrogen and oxygen atoms in total. The van der Waals surface area contributed by atoms with Crippen molar-refractivity contribution in [1.29, 1.82) is 0 Å². The van der Waals surface area contributed by atoms with E-state index in [9.17, 15) is 0 Å². The SMILES string of the molecule is CN1[C@@H]2CC[C@@H]1CC(n1cc(-c3ccccc3)nn1)C2. The molecule has 0 radical (unpaired) electrons. The van der Waals surface area contributed by atoms with Crippen molar-refractivity contribution in [3.8, 4) is 11.3 Å². The van der Waals surface area contributed by atoms with Gasteiger partial charge in [-0.15, -0.1) is 5.10 Å². The molecule has 2 saturated heterocycles. The highest BCUT2D eigenvalue weighted by Gasteiger charge is 2.39. The molecule has 0 saturated carbocycles. The molecule has 3 heterocycles. The zero-order chi connectivity index (χ0) is 13.5. The number of fused-ring (bicyclic) bond motifs is 2. The zero-order valence-electron chi connectivity index (χ0n) is 11.8. The largest absolute Gasteiger partial charge is 0.300 e. The van der Waals surface area contributed by atoms with Crippen LogP contribution in [-0.4, -0.2) is 39.0 Å². The summed E-state index contributed by atoms with van der Waals surface area (Å²) in [5.41, 5.74) is 2.13. The van der Waals surface area contributed by atoms with Crippen molar-refractivity contribution in [3.05, 3.63) is 36.5 Å². The van der Waals surface area contributed by atoms with Crippen LogP contribution in [0.4, 0.5) is 0 Å². The minimum atomic E-state index is 0.522.